The molecular weight excluding hydrogens is 356 g/mol. The molecule has 28 heavy (non-hydrogen) atoms. The van der Waals surface area contributed by atoms with Crippen molar-refractivity contribution in [2.75, 3.05) is 13.2 Å². The first-order chi connectivity index (χ1) is 13.3. The van der Waals surface area contributed by atoms with Crippen LogP contribution in [-0.2, 0) is 19.1 Å². The number of ether oxygens (including phenoxy) is 2. The lowest BCUT2D eigenvalue weighted by Crippen LogP contribution is -2.40. The first kappa shape index (κ1) is 22.7. The first-order valence-electron chi connectivity index (χ1n) is 10.7. The fourth-order valence-electron chi connectivity index (χ4n) is 4.56. The van der Waals surface area contributed by atoms with Crippen LogP contribution < -0.4 is 0 Å². The molecule has 0 aromatic rings. The zero-order valence-corrected chi connectivity index (χ0v) is 17.9. The number of allylic oxidation sites excluding steroid dienone is 3. The normalized spacial score (nSPS) is 23.6. The molecule has 0 saturated heterocycles. The second-order valence-corrected chi connectivity index (χ2v) is 8.45. The van der Waals surface area contributed by atoms with E-state index in [2.05, 4.69) is 6.08 Å². The zero-order chi connectivity index (χ0) is 20.8. The average molecular weight is 393 g/mol. The Morgan fingerprint density at radius 3 is 2.14 bits per heavy atom. The topological polar surface area (TPSA) is 72.8 Å². The van der Waals surface area contributed by atoms with E-state index in [1.807, 2.05) is 19.9 Å². The molecular formula is C23H36O5. The monoisotopic (exact) mass is 392 g/mol. The third kappa shape index (κ3) is 5.05. The molecule has 5 nitrogen and oxygen atoms in total. The Bertz CT molecular complexity index is 603. The second kappa shape index (κ2) is 9.73. The summed E-state index contributed by atoms with van der Waals surface area (Å²) in [5, 5.41) is 10.7. The molecule has 0 spiro atoms. The Morgan fingerprint density at radius 2 is 1.64 bits per heavy atom. The highest BCUT2D eigenvalue weighted by Crippen LogP contribution is 2.49. The van der Waals surface area contributed by atoms with Crippen molar-refractivity contribution >= 4 is 11.9 Å². The SMILES string of the molecule is CCOC(=O)C1(C(=O)OCC)CC(=C(C)C)C(/C=C/CC2(O)CCCCC2)C1. The van der Waals surface area contributed by atoms with Gasteiger partial charge in [-0.15, -0.1) is 0 Å². The van der Waals surface area contributed by atoms with Crippen LogP contribution in [-0.4, -0.2) is 35.9 Å². The van der Waals surface area contributed by atoms with Crippen LogP contribution in [0.3, 0.4) is 0 Å². The van der Waals surface area contributed by atoms with Crippen molar-refractivity contribution in [1.82, 2.24) is 0 Å². The lowest BCUT2D eigenvalue weighted by atomic mass is 9.82. The molecule has 0 amide bonds. The number of esters is 2. The molecule has 1 N–H and O–H groups in total. The molecule has 2 aliphatic rings. The Kier molecular flexibility index (Phi) is 7.87. The molecule has 0 aromatic carbocycles. The summed E-state index contributed by atoms with van der Waals surface area (Å²) < 4.78 is 10.5. The highest BCUT2D eigenvalue weighted by molar-refractivity contribution is 6.01. The van der Waals surface area contributed by atoms with E-state index in [1.54, 1.807) is 13.8 Å². The van der Waals surface area contributed by atoms with Gasteiger partial charge in [-0.1, -0.05) is 42.6 Å². The summed E-state index contributed by atoms with van der Waals surface area (Å²) in [6.45, 7) is 7.98. The molecule has 1 unspecified atom stereocenters. The Balaban J connectivity index is 2.23. The van der Waals surface area contributed by atoms with E-state index in [9.17, 15) is 14.7 Å². The van der Waals surface area contributed by atoms with E-state index in [0.29, 0.717) is 19.3 Å². The zero-order valence-electron chi connectivity index (χ0n) is 17.9. The minimum Gasteiger partial charge on any atom is -0.465 e. The Labute approximate surface area is 169 Å². The van der Waals surface area contributed by atoms with E-state index in [-0.39, 0.29) is 19.1 Å². The van der Waals surface area contributed by atoms with Gasteiger partial charge in [-0.25, -0.2) is 0 Å². The van der Waals surface area contributed by atoms with Gasteiger partial charge in [-0.3, -0.25) is 9.59 Å². The van der Waals surface area contributed by atoms with Crippen LogP contribution in [0, 0.1) is 11.3 Å². The molecule has 0 radical (unpaired) electrons. The van der Waals surface area contributed by atoms with Crippen LogP contribution >= 0.6 is 0 Å². The predicted octanol–water partition coefficient (Wildman–Crippen LogP) is 4.49. The van der Waals surface area contributed by atoms with Gasteiger partial charge in [-0.05, 0) is 65.7 Å². The Morgan fingerprint density at radius 1 is 1.07 bits per heavy atom. The summed E-state index contributed by atoms with van der Waals surface area (Å²) in [6, 6.07) is 0. The minimum absolute atomic E-state index is 0.0222. The Hall–Kier alpha value is -1.62. The predicted molar refractivity (Wildman–Crippen MR) is 109 cm³/mol. The number of rotatable bonds is 7. The summed E-state index contributed by atoms with van der Waals surface area (Å²) in [4.78, 5) is 25.5. The van der Waals surface area contributed by atoms with E-state index >= 15 is 0 Å². The van der Waals surface area contributed by atoms with Gasteiger partial charge in [0.25, 0.3) is 0 Å². The summed E-state index contributed by atoms with van der Waals surface area (Å²) in [5.74, 6) is -1.01. The molecule has 5 heteroatoms. The number of carbonyl (C=O) groups excluding carboxylic acids is 2. The molecule has 0 aliphatic heterocycles. The van der Waals surface area contributed by atoms with Gasteiger partial charge < -0.3 is 14.6 Å². The standard InChI is InChI=1S/C23H36O5/c1-5-27-20(24)23(21(25)28-6-2)15-18(19(16-23)17(3)4)11-10-14-22(26)12-8-7-9-13-22/h10-11,18,26H,5-9,12-16H2,1-4H3/b11-10+. The van der Waals surface area contributed by atoms with E-state index in [4.69, 9.17) is 9.47 Å². The molecule has 158 valence electrons. The fourth-order valence-corrected chi connectivity index (χ4v) is 4.56. The molecule has 2 fully saturated rings. The number of hydrogen-bond acceptors (Lipinski definition) is 5. The number of carbonyl (C=O) groups is 2. The minimum atomic E-state index is -1.27. The first-order valence-corrected chi connectivity index (χ1v) is 10.7. The van der Waals surface area contributed by atoms with Crippen molar-refractivity contribution in [3.63, 3.8) is 0 Å². The third-order valence-corrected chi connectivity index (χ3v) is 6.13. The van der Waals surface area contributed by atoms with Gasteiger partial charge in [0.1, 0.15) is 0 Å². The van der Waals surface area contributed by atoms with E-state index in [0.717, 1.165) is 36.8 Å². The number of aliphatic hydroxyl groups is 1. The maximum Gasteiger partial charge on any atom is 0.323 e. The van der Waals surface area contributed by atoms with Gasteiger partial charge in [-0.2, -0.15) is 0 Å². The summed E-state index contributed by atoms with van der Waals surface area (Å²) in [6.07, 6.45) is 10.4. The third-order valence-electron chi connectivity index (χ3n) is 6.13. The van der Waals surface area contributed by atoms with Crippen LogP contribution in [0.2, 0.25) is 0 Å². The maximum absolute atomic E-state index is 12.8. The molecule has 0 bridgehead atoms. The lowest BCUT2D eigenvalue weighted by Gasteiger charge is -2.31. The van der Waals surface area contributed by atoms with Gasteiger partial charge in [0.15, 0.2) is 5.41 Å². The van der Waals surface area contributed by atoms with Crippen molar-refractivity contribution < 1.29 is 24.2 Å². The summed E-state index contributed by atoms with van der Waals surface area (Å²) >= 11 is 0. The highest BCUT2D eigenvalue weighted by Gasteiger charge is 2.55. The van der Waals surface area contributed by atoms with Crippen LogP contribution in [0.15, 0.2) is 23.3 Å². The van der Waals surface area contributed by atoms with Gasteiger partial charge >= 0.3 is 11.9 Å². The van der Waals surface area contributed by atoms with Crippen LogP contribution in [0.1, 0.15) is 79.1 Å². The maximum atomic E-state index is 12.8. The van der Waals surface area contributed by atoms with Crippen LogP contribution in [0.5, 0.6) is 0 Å². The van der Waals surface area contributed by atoms with Crippen molar-refractivity contribution in [2.24, 2.45) is 11.3 Å². The van der Waals surface area contributed by atoms with Crippen molar-refractivity contribution in [3.8, 4) is 0 Å². The van der Waals surface area contributed by atoms with Gasteiger partial charge in [0.05, 0.1) is 18.8 Å². The van der Waals surface area contributed by atoms with E-state index < -0.39 is 23.0 Å². The quantitative estimate of drug-likeness (QED) is 0.393. The molecule has 1 atom stereocenters. The van der Waals surface area contributed by atoms with Gasteiger partial charge in [0.2, 0.25) is 0 Å². The lowest BCUT2D eigenvalue weighted by molar-refractivity contribution is -0.171. The number of hydrogen-bond donors (Lipinski definition) is 1. The largest absolute Gasteiger partial charge is 0.465 e. The summed E-state index contributed by atoms with van der Waals surface area (Å²) in [7, 11) is 0. The second-order valence-electron chi connectivity index (χ2n) is 8.45. The fraction of sp³-hybridized carbons (Fsp3) is 0.739. The summed E-state index contributed by atoms with van der Waals surface area (Å²) in [5.41, 5.74) is 0.322. The van der Waals surface area contributed by atoms with Crippen LogP contribution in [0.4, 0.5) is 0 Å². The molecule has 2 rings (SSSR count). The van der Waals surface area contributed by atoms with Gasteiger partial charge in [0, 0.05) is 0 Å². The smallest absolute Gasteiger partial charge is 0.323 e. The van der Waals surface area contributed by atoms with Crippen LogP contribution in [0.25, 0.3) is 0 Å². The van der Waals surface area contributed by atoms with Crippen molar-refractivity contribution in [1.29, 1.82) is 0 Å². The van der Waals surface area contributed by atoms with Crippen molar-refractivity contribution in [3.05, 3.63) is 23.3 Å². The van der Waals surface area contributed by atoms with Crippen molar-refractivity contribution in [2.45, 2.75) is 84.7 Å². The molecule has 2 saturated carbocycles. The average Bonchev–Trinajstić information content (AvgIpc) is 3.04. The van der Waals surface area contributed by atoms with E-state index in [1.165, 1.54) is 6.42 Å². The molecule has 0 aromatic heterocycles. The highest BCUT2D eigenvalue weighted by atomic mass is 16.6. The molecule has 0 heterocycles. The molecule has 2 aliphatic carbocycles.